The van der Waals surface area contributed by atoms with E-state index in [9.17, 15) is 9.59 Å². The summed E-state index contributed by atoms with van der Waals surface area (Å²) in [7, 11) is 0. The van der Waals surface area contributed by atoms with Gasteiger partial charge in [0, 0.05) is 40.3 Å². The van der Waals surface area contributed by atoms with E-state index in [0.717, 1.165) is 10.6 Å². The number of hydrogen-bond acceptors (Lipinski definition) is 5. The van der Waals surface area contributed by atoms with Crippen LogP contribution in [-0.2, 0) is 11.2 Å². The number of aromatic nitrogens is 2. The van der Waals surface area contributed by atoms with Gasteiger partial charge in [-0.15, -0.1) is 11.3 Å². The number of anilines is 2. The van der Waals surface area contributed by atoms with Crippen LogP contribution in [0, 0.1) is 0 Å². The van der Waals surface area contributed by atoms with Crippen LogP contribution in [0.4, 0.5) is 11.4 Å². The molecule has 6 nitrogen and oxygen atoms in total. The van der Waals surface area contributed by atoms with Crippen molar-refractivity contribution in [1.82, 2.24) is 9.97 Å². The molecule has 0 spiro atoms. The number of carbonyl (C=O) groups excluding carboxylic acids is 2. The fraction of sp³-hybridized carbons (Fsp3) is 0.0435. The maximum Gasteiger partial charge on any atom is 0.255 e. The number of hydrogen-bond donors (Lipinski definition) is 2. The van der Waals surface area contributed by atoms with E-state index < -0.39 is 0 Å². The van der Waals surface area contributed by atoms with Gasteiger partial charge in [0.05, 0.1) is 17.1 Å². The van der Waals surface area contributed by atoms with Crippen molar-refractivity contribution in [3.8, 4) is 10.6 Å². The molecule has 0 aliphatic carbocycles. The highest BCUT2D eigenvalue weighted by Gasteiger charge is 2.12. The minimum Gasteiger partial charge on any atom is -0.326 e. The zero-order valence-electron chi connectivity index (χ0n) is 16.2. The Morgan fingerprint density at radius 3 is 2.55 bits per heavy atom. The highest BCUT2D eigenvalue weighted by molar-refractivity contribution is 7.13. The highest BCUT2D eigenvalue weighted by atomic mass is 35.5. The number of rotatable bonds is 6. The fourth-order valence-corrected chi connectivity index (χ4v) is 4.03. The van der Waals surface area contributed by atoms with Crippen LogP contribution in [0.5, 0.6) is 0 Å². The Kier molecular flexibility index (Phi) is 6.35. The minimum absolute atomic E-state index is 0.119. The van der Waals surface area contributed by atoms with Crippen LogP contribution in [-0.4, -0.2) is 21.8 Å². The van der Waals surface area contributed by atoms with Gasteiger partial charge in [-0.1, -0.05) is 35.9 Å². The van der Waals surface area contributed by atoms with Crippen molar-refractivity contribution in [2.24, 2.45) is 0 Å². The maximum absolute atomic E-state index is 12.5. The first-order valence-electron chi connectivity index (χ1n) is 9.39. The summed E-state index contributed by atoms with van der Waals surface area (Å²) in [6, 6.07) is 17.6. The Bertz CT molecular complexity index is 1230. The number of nitrogens with zero attached hydrogens (tertiary/aromatic N) is 2. The average molecular weight is 449 g/mol. The van der Waals surface area contributed by atoms with Gasteiger partial charge in [0.1, 0.15) is 5.01 Å². The van der Waals surface area contributed by atoms with Gasteiger partial charge in [0.15, 0.2) is 0 Å². The molecular formula is C23H17ClN4O2S. The van der Waals surface area contributed by atoms with Gasteiger partial charge in [-0.05, 0) is 36.4 Å². The van der Waals surface area contributed by atoms with Gasteiger partial charge in [0.25, 0.3) is 5.91 Å². The second kappa shape index (κ2) is 9.51. The lowest BCUT2D eigenvalue weighted by Gasteiger charge is -2.08. The standard InChI is InChI=1S/C23H17ClN4O2S/c24-20-7-2-1-6-19(20)23-28-18(14-31-23)13-21(29)26-17-5-3-4-15(12-17)22(30)27-16-8-10-25-11-9-16/h1-12,14H,13H2,(H,26,29)(H,25,27,30). The summed E-state index contributed by atoms with van der Waals surface area (Å²) in [5.41, 5.74) is 3.11. The van der Waals surface area contributed by atoms with E-state index in [0.29, 0.717) is 27.7 Å². The van der Waals surface area contributed by atoms with Crippen molar-refractivity contribution in [1.29, 1.82) is 0 Å². The molecule has 2 aromatic carbocycles. The molecule has 2 N–H and O–H groups in total. The second-order valence-corrected chi connectivity index (χ2v) is 7.88. The summed E-state index contributed by atoms with van der Waals surface area (Å²) in [4.78, 5) is 33.4. The van der Waals surface area contributed by atoms with Gasteiger partial charge in [-0.2, -0.15) is 0 Å². The summed E-state index contributed by atoms with van der Waals surface area (Å²) in [6.07, 6.45) is 3.32. The summed E-state index contributed by atoms with van der Waals surface area (Å²) in [5, 5.41) is 8.84. The molecule has 2 amide bonds. The lowest BCUT2D eigenvalue weighted by atomic mass is 10.1. The number of benzene rings is 2. The zero-order chi connectivity index (χ0) is 21.6. The average Bonchev–Trinajstić information content (AvgIpc) is 3.23. The van der Waals surface area contributed by atoms with Gasteiger partial charge in [-0.3, -0.25) is 14.6 Å². The largest absolute Gasteiger partial charge is 0.326 e. The Morgan fingerprint density at radius 2 is 1.74 bits per heavy atom. The molecule has 0 radical (unpaired) electrons. The molecule has 0 bridgehead atoms. The van der Waals surface area contributed by atoms with Gasteiger partial charge in [0.2, 0.25) is 5.91 Å². The molecule has 0 saturated heterocycles. The van der Waals surface area contributed by atoms with Crippen LogP contribution in [0.3, 0.4) is 0 Å². The van der Waals surface area contributed by atoms with Crippen LogP contribution in [0.25, 0.3) is 10.6 Å². The summed E-state index contributed by atoms with van der Waals surface area (Å²) >= 11 is 7.66. The molecule has 31 heavy (non-hydrogen) atoms. The van der Waals surface area contributed by atoms with E-state index in [2.05, 4.69) is 20.6 Å². The van der Waals surface area contributed by atoms with E-state index in [1.54, 1.807) is 48.8 Å². The highest BCUT2D eigenvalue weighted by Crippen LogP contribution is 2.30. The molecule has 0 atom stereocenters. The summed E-state index contributed by atoms with van der Waals surface area (Å²) in [5.74, 6) is -0.492. The molecule has 0 aliphatic heterocycles. The molecule has 8 heteroatoms. The third-order valence-electron chi connectivity index (χ3n) is 4.34. The normalized spacial score (nSPS) is 10.5. The van der Waals surface area contributed by atoms with Crippen LogP contribution < -0.4 is 10.6 Å². The molecular weight excluding hydrogens is 432 g/mol. The lowest BCUT2D eigenvalue weighted by molar-refractivity contribution is -0.115. The minimum atomic E-state index is -0.272. The molecule has 4 rings (SSSR count). The number of amides is 2. The monoisotopic (exact) mass is 448 g/mol. The first-order valence-corrected chi connectivity index (χ1v) is 10.6. The smallest absolute Gasteiger partial charge is 0.255 e. The first kappa shape index (κ1) is 20.7. The van der Waals surface area contributed by atoms with Crippen LogP contribution in [0.1, 0.15) is 16.1 Å². The van der Waals surface area contributed by atoms with Gasteiger partial charge >= 0.3 is 0 Å². The van der Waals surface area contributed by atoms with E-state index in [-0.39, 0.29) is 18.2 Å². The zero-order valence-corrected chi connectivity index (χ0v) is 17.8. The Labute approximate surface area is 188 Å². The summed E-state index contributed by atoms with van der Waals surface area (Å²) < 4.78 is 0. The van der Waals surface area contributed by atoms with Crippen molar-refractivity contribution in [2.45, 2.75) is 6.42 Å². The van der Waals surface area contributed by atoms with Crippen LogP contribution in [0.15, 0.2) is 78.4 Å². The van der Waals surface area contributed by atoms with Crippen molar-refractivity contribution < 1.29 is 9.59 Å². The molecule has 154 valence electrons. The Morgan fingerprint density at radius 1 is 0.935 bits per heavy atom. The quantitative estimate of drug-likeness (QED) is 0.419. The molecule has 0 saturated carbocycles. The van der Waals surface area contributed by atoms with Crippen molar-refractivity contribution in [3.63, 3.8) is 0 Å². The van der Waals surface area contributed by atoms with Crippen LogP contribution in [0.2, 0.25) is 5.02 Å². The third-order valence-corrected chi connectivity index (χ3v) is 5.60. The van der Waals surface area contributed by atoms with Gasteiger partial charge in [-0.25, -0.2) is 4.98 Å². The molecule has 0 aliphatic rings. The Balaban J connectivity index is 1.40. The van der Waals surface area contributed by atoms with E-state index in [1.807, 2.05) is 29.6 Å². The van der Waals surface area contributed by atoms with Crippen molar-refractivity contribution in [3.05, 3.63) is 94.7 Å². The van der Waals surface area contributed by atoms with E-state index in [4.69, 9.17) is 11.6 Å². The van der Waals surface area contributed by atoms with Crippen molar-refractivity contribution >= 4 is 46.1 Å². The Hall–Kier alpha value is -3.55. The maximum atomic E-state index is 12.5. The molecule has 2 aromatic heterocycles. The van der Waals surface area contributed by atoms with E-state index in [1.165, 1.54) is 11.3 Å². The number of nitrogens with one attached hydrogen (secondary N) is 2. The topological polar surface area (TPSA) is 84.0 Å². The molecule has 4 aromatic rings. The van der Waals surface area contributed by atoms with Crippen LogP contribution >= 0.6 is 22.9 Å². The van der Waals surface area contributed by atoms with Crippen molar-refractivity contribution in [2.75, 3.05) is 10.6 Å². The third kappa shape index (κ3) is 5.33. The SMILES string of the molecule is O=C(Cc1csc(-c2ccccc2Cl)n1)Nc1cccc(C(=O)Nc2ccncc2)c1. The molecule has 0 unspecified atom stereocenters. The number of carbonyl (C=O) groups is 2. The predicted molar refractivity (Wildman–Crippen MR) is 124 cm³/mol. The predicted octanol–water partition coefficient (Wildman–Crippen LogP) is 5.29. The number of halogens is 1. The lowest BCUT2D eigenvalue weighted by Crippen LogP contribution is -2.16. The molecule has 2 heterocycles. The second-order valence-electron chi connectivity index (χ2n) is 6.62. The first-order chi connectivity index (χ1) is 15.1. The van der Waals surface area contributed by atoms with E-state index >= 15 is 0 Å². The molecule has 0 fully saturated rings. The summed E-state index contributed by atoms with van der Waals surface area (Å²) in [6.45, 7) is 0. The number of thiazole rings is 1. The van der Waals surface area contributed by atoms with Gasteiger partial charge < -0.3 is 10.6 Å². The number of pyridine rings is 1. The fourth-order valence-electron chi connectivity index (χ4n) is 2.89.